The third-order valence-corrected chi connectivity index (χ3v) is 3.35. The fraction of sp³-hybridized carbons (Fsp3) is 0.600. The van der Waals surface area contributed by atoms with Crippen LogP contribution in [0, 0.1) is 5.92 Å². The Morgan fingerprint density at radius 3 is 2.09 bits per heavy atom. The second-order valence-electron chi connectivity index (χ2n) is 6.13. The Morgan fingerprint density at radius 1 is 1.14 bits per heavy atom. The molecule has 2 heteroatoms. The first kappa shape index (κ1) is 23.2. The lowest BCUT2D eigenvalue weighted by Crippen LogP contribution is -2.32. The predicted molar refractivity (Wildman–Crippen MR) is 102 cm³/mol. The molecule has 0 aliphatic heterocycles. The van der Waals surface area contributed by atoms with E-state index in [-0.39, 0.29) is 6.97 Å². The second kappa shape index (κ2) is 14.8. The highest BCUT2D eigenvalue weighted by Gasteiger charge is 2.15. The van der Waals surface area contributed by atoms with Gasteiger partial charge in [0.2, 0.25) is 0 Å². The van der Waals surface area contributed by atoms with E-state index in [9.17, 15) is 0 Å². The number of aliphatic hydroxyl groups is 1. The molecule has 0 fully saturated rings. The summed E-state index contributed by atoms with van der Waals surface area (Å²) < 4.78 is 0. The highest BCUT2D eigenvalue weighted by molar-refractivity contribution is 5.22. The summed E-state index contributed by atoms with van der Waals surface area (Å²) in [6.45, 7) is 11.0. The van der Waals surface area contributed by atoms with E-state index in [1.165, 1.54) is 24.8 Å². The molecule has 130 valence electrons. The minimum Gasteiger partial charge on any atom is -0.400 e. The SMILES string of the molecule is CCC/C=C\CC(C)C.CNC(C)(C)c1ccccc1.CO.[HH]. The lowest BCUT2D eigenvalue weighted by Gasteiger charge is -2.24. The molecule has 0 atom stereocenters. The van der Waals surface area contributed by atoms with Crippen LogP contribution in [0.15, 0.2) is 42.5 Å². The molecule has 2 nitrogen and oxygen atoms in total. The van der Waals surface area contributed by atoms with E-state index in [4.69, 9.17) is 5.11 Å². The van der Waals surface area contributed by atoms with E-state index in [1.807, 2.05) is 13.1 Å². The van der Waals surface area contributed by atoms with E-state index in [2.05, 4.69) is 76.4 Å². The second-order valence-corrected chi connectivity index (χ2v) is 6.13. The molecule has 22 heavy (non-hydrogen) atoms. The Hall–Kier alpha value is -1.12. The smallest absolute Gasteiger partial charge is 0.0374 e. The van der Waals surface area contributed by atoms with Crippen LogP contribution in [0.3, 0.4) is 0 Å². The van der Waals surface area contributed by atoms with Gasteiger partial charge in [-0.2, -0.15) is 0 Å². The average Bonchev–Trinajstić information content (AvgIpc) is 2.55. The van der Waals surface area contributed by atoms with Gasteiger partial charge in [0.1, 0.15) is 0 Å². The molecule has 0 aliphatic carbocycles. The maximum Gasteiger partial charge on any atom is 0.0374 e. The van der Waals surface area contributed by atoms with Crippen LogP contribution >= 0.6 is 0 Å². The molecule has 1 rings (SSSR count). The monoisotopic (exact) mass is 309 g/mol. The van der Waals surface area contributed by atoms with Crippen LogP contribution in [-0.4, -0.2) is 19.3 Å². The number of rotatable bonds is 6. The van der Waals surface area contributed by atoms with Crippen molar-refractivity contribution in [3.8, 4) is 0 Å². The summed E-state index contributed by atoms with van der Waals surface area (Å²) in [6, 6.07) is 10.4. The molecule has 0 bridgehead atoms. The Kier molecular flexibility index (Phi) is 15.6. The van der Waals surface area contributed by atoms with Crippen molar-refractivity contribution in [2.24, 2.45) is 5.92 Å². The minimum atomic E-state index is 0. The van der Waals surface area contributed by atoms with Crippen LogP contribution in [0.2, 0.25) is 0 Å². The molecular weight excluding hydrogens is 270 g/mol. The highest BCUT2D eigenvalue weighted by Crippen LogP contribution is 2.17. The van der Waals surface area contributed by atoms with Gasteiger partial charge < -0.3 is 10.4 Å². The van der Waals surface area contributed by atoms with Gasteiger partial charge in [-0.3, -0.25) is 0 Å². The molecule has 0 aromatic heterocycles. The van der Waals surface area contributed by atoms with Crippen LogP contribution < -0.4 is 5.32 Å². The van der Waals surface area contributed by atoms with E-state index in [0.717, 1.165) is 13.0 Å². The zero-order valence-corrected chi connectivity index (χ0v) is 15.7. The lowest BCUT2D eigenvalue weighted by molar-refractivity contribution is 0.399. The standard InChI is InChI=1S/C10H15N.C9H18.CH4O.H2/c1-10(2,11-3)9-7-5-4-6-8-9;1-4-5-6-7-8-9(2)3;1-2;/h4-8,11H,1-3H3;6-7,9H,4-5,8H2,1-3H3;2H,1H3;1H/b;7-6-;;. The molecule has 2 N–H and O–H groups in total. The van der Waals surface area contributed by atoms with E-state index < -0.39 is 0 Å². The minimum absolute atomic E-state index is 0. The van der Waals surface area contributed by atoms with Gasteiger partial charge in [-0.05, 0) is 45.2 Å². The number of unbranched alkanes of at least 4 members (excludes halogenated alkanes) is 1. The molecule has 1 aromatic rings. The van der Waals surface area contributed by atoms with Crippen LogP contribution in [0.5, 0.6) is 0 Å². The number of hydrogen-bond acceptors (Lipinski definition) is 2. The summed E-state index contributed by atoms with van der Waals surface area (Å²) in [4.78, 5) is 0. The molecule has 0 spiro atoms. The van der Waals surface area contributed by atoms with Gasteiger partial charge in [-0.15, -0.1) is 0 Å². The van der Waals surface area contributed by atoms with Crippen molar-refractivity contribution in [2.75, 3.05) is 14.2 Å². The number of nitrogens with one attached hydrogen (secondary N) is 1. The largest absolute Gasteiger partial charge is 0.400 e. The van der Waals surface area contributed by atoms with Gasteiger partial charge >= 0.3 is 0 Å². The summed E-state index contributed by atoms with van der Waals surface area (Å²) >= 11 is 0. The zero-order valence-electron chi connectivity index (χ0n) is 15.7. The quantitative estimate of drug-likeness (QED) is 0.691. The molecule has 0 unspecified atom stereocenters. The maximum atomic E-state index is 7.00. The molecule has 0 heterocycles. The summed E-state index contributed by atoms with van der Waals surface area (Å²) in [6.07, 6.45) is 8.31. The predicted octanol–water partition coefficient (Wildman–Crippen LogP) is 5.38. The average molecular weight is 310 g/mol. The number of allylic oxidation sites excluding steroid dienone is 2. The van der Waals surface area contributed by atoms with Crippen molar-refractivity contribution in [3.05, 3.63) is 48.0 Å². The van der Waals surface area contributed by atoms with Gasteiger partial charge in [0.05, 0.1) is 0 Å². The first-order valence-electron chi connectivity index (χ1n) is 8.28. The lowest BCUT2D eigenvalue weighted by atomic mass is 9.95. The van der Waals surface area contributed by atoms with Crippen molar-refractivity contribution in [1.82, 2.24) is 5.32 Å². The van der Waals surface area contributed by atoms with Crippen molar-refractivity contribution in [2.45, 2.75) is 59.4 Å². The van der Waals surface area contributed by atoms with Crippen molar-refractivity contribution in [3.63, 3.8) is 0 Å². The summed E-state index contributed by atoms with van der Waals surface area (Å²) in [5.74, 6) is 0.818. The van der Waals surface area contributed by atoms with Crippen molar-refractivity contribution in [1.29, 1.82) is 0 Å². The van der Waals surface area contributed by atoms with Gasteiger partial charge in [0.25, 0.3) is 0 Å². The molecule has 0 aliphatic rings. The van der Waals surface area contributed by atoms with Crippen LogP contribution in [0.25, 0.3) is 0 Å². The van der Waals surface area contributed by atoms with E-state index in [0.29, 0.717) is 0 Å². The molecular formula is C20H39NO. The molecule has 1 aromatic carbocycles. The van der Waals surface area contributed by atoms with Gasteiger partial charge in [-0.1, -0.05) is 69.7 Å². The number of aliphatic hydroxyl groups excluding tert-OH is 1. The summed E-state index contributed by atoms with van der Waals surface area (Å²) in [5, 5.41) is 10.3. The van der Waals surface area contributed by atoms with Crippen LogP contribution in [-0.2, 0) is 5.54 Å². The number of benzene rings is 1. The van der Waals surface area contributed by atoms with Gasteiger partial charge in [0, 0.05) is 14.1 Å². The third-order valence-electron chi connectivity index (χ3n) is 3.35. The van der Waals surface area contributed by atoms with Crippen LogP contribution in [0.4, 0.5) is 0 Å². The molecule has 0 saturated heterocycles. The fourth-order valence-electron chi connectivity index (χ4n) is 1.65. The Balaban J connectivity index is -0.000000307. The fourth-order valence-corrected chi connectivity index (χ4v) is 1.65. The number of hydrogen-bond donors (Lipinski definition) is 2. The van der Waals surface area contributed by atoms with Crippen molar-refractivity contribution < 1.29 is 6.53 Å². The van der Waals surface area contributed by atoms with Gasteiger partial charge in [-0.25, -0.2) is 0 Å². The Labute approximate surface area is 140 Å². The molecule has 0 amide bonds. The molecule has 0 saturated carbocycles. The molecule has 0 radical (unpaired) electrons. The van der Waals surface area contributed by atoms with Gasteiger partial charge in [0.15, 0.2) is 0 Å². The van der Waals surface area contributed by atoms with Crippen molar-refractivity contribution >= 4 is 0 Å². The highest BCUT2D eigenvalue weighted by atomic mass is 16.2. The zero-order chi connectivity index (χ0) is 17.4. The van der Waals surface area contributed by atoms with E-state index >= 15 is 0 Å². The third kappa shape index (κ3) is 12.6. The van der Waals surface area contributed by atoms with Crippen LogP contribution in [0.1, 0.15) is 60.9 Å². The van der Waals surface area contributed by atoms with E-state index in [1.54, 1.807) is 0 Å². The maximum absolute atomic E-state index is 7.00. The Bertz CT molecular complexity index is 361. The summed E-state index contributed by atoms with van der Waals surface area (Å²) in [7, 11) is 2.98. The first-order valence-corrected chi connectivity index (χ1v) is 8.28. The normalized spacial score (nSPS) is 10.8. The first-order chi connectivity index (χ1) is 10.4. The topological polar surface area (TPSA) is 32.3 Å². The summed E-state index contributed by atoms with van der Waals surface area (Å²) in [5.41, 5.74) is 1.41. The Morgan fingerprint density at radius 2 is 1.68 bits per heavy atom.